The summed E-state index contributed by atoms with van der Waals surface area (Å²) in [6.07, 6.45) is 5.30. The van der Waals surface area contributed by atoms with Gasteiger partial charge in [0.15, 0.2) is 0 Å². The Morgan fingerprint density at radius 2 is 1.62 bits per heavy atom. The molecule has 0 radical (unpaired) electrons. The first-order valence-corrected chi connectivity index (χ1v) is 17.8. The minimum atomic E-state index is -1.26. The predicted molar refractivity (Wildman–Crippen MR) is 201 cm³/mol. The number of hydrogen-bond donors (Lipinski definition) is 2. The zero-order chi connectivity index (χ0) is 35.2. The SMILES string of the molecule is C=CCC(C(N)=O)C(CC1CCCC1)C(=O)NC1N=C(c2ccccc2)c2ccccc2N(Cc2cccc(-c3ccc(Cl)cc3Cl)c2)C1=O. The Morgan fingerprint density at radius 1 is 0.900 bits per heavy atom. The number of aliphatic imine (C=N–C) groups is 1. The van der Waals surface area contributed by atoms with Crippen LogP contribution in [0.5, 0.6) is 0 Å². The van der Waals surface area contributed by atoms with E-state index < -0.39 is 35.7 Å². The number of rotatable bonds is 12. The number of carbonyl (C=O) groups excluding carboxylic acids is 3. The lowest BCUT2D eigenvalue weighted by Crippen LogP contribution is -2.50. The van der Waals surface area contributed by atoms with Crippen molar-refractivity contribution in [3.8, 4) is 11.1 Å². The number of nitrogens with one attached hydrogen (secondary N) is 1. The number of amides is 3. The van der Waals surface area contributed by atoms with Crippen LogP contribution >= 0.6 is 23.2 Å². The Labute approximate surface area is 303 Å². The summed E-state index contributed by atoms with van der Waals surface area (Å²) in [4.78, 5) is 48.4. The summed E-state index contributed by atoms with van der Waals surface area (Å²) < 4.78 is 0. The van der Waals surface area contributed by atoms with Gasteiger partial charge in [0.2, 0.25) is 18.0 Å². The van der Waals surface area contributed by atoms with Crippen LogP contribution in [-0.4, -0.2) is 29.6 Å². The summed E-state index contributed by atoms with van der Waals surface area (Å²) in [5.41, 5.74) is 11.2. The number of fused-ring (bicyclic) bond motifs is 1. The molecule has 2 aliphatic rings. The average Bonchev–Trinajstić information content (AvgIpc) is 3.60. The molecule has 1 heterocycles. The molecule has 4 aromatic rings. The Morgan fingerprint density at radius 3 is 2.34 bits per heavy atom. The molecule has 0 saturated heterocycles. The maximum absolute atomic E-state index is 14.7. The third kappa shape index (κ3) is 7.85. The van der Waals surface area contributed by atoms with Crippen LogP contribution < -0.4 is 16.0 Å². The molecule has 3 unspecified atom stereocenters. The van der Waals surface area contributed by atoms with Crippen molar-refractivity contribution in [2.45, 2.75) is 51.2 Å². The van der Waals surface area contributed by atoms with Gasteiger partial charge < -0.3 is 16.0 Å². The van der Waals surface area contributed by atoms with Crippen molar-refractivity contribution in [1.82, 2.24) is 5.32 Å². The van der Waals surface area contributed by atoms with Gasteiger partial charge in [-0.2, -0.15) is 0 Å². The van der Waals surface area contributed by atoms with Crippen LogP contribution in [-0.2, 0) is 20.9 Å². The van der Waals surface area contributed by atoms with Gasteiger partial charge in [-0.05, 0) is 54.2 Å². The van der Waals surface area contributed by atoms with E-state index in [0.29, 0.717) is 33.8 Å². The van der Waals surface area contributed by atoms with Crippen molar-refractivity contribution in [2.75, 3.05) is 4.90 Å². The number of halogens is 2. The fourth-order valence-electron chi connectivity index (χ4n) is 7.22. The predicted octanol–water partition coefficient (Wildman–Crippen LogP) is 8.36. The third-order valence-electron chi connectivity index (χ3n) is 9.71. The molecule has 7 nitrogen and oxygen atoms in total. The highest BCUT2D eigenvalue weighted by atomic mass is 35.5. The number of allylic oxidation sites excluding steroid dienone is 1. The first-order valence-electron chi connectivity index (χ1n) is 17.0. The molecule has 0 spiro atoms. The van der Waals surface area contributed by atoms with Gasteiger partial charge in [-0.3, -0.25) is 14.4 Å². The number of benzene rings is 4. The molecule has 0 bridgehead atoms. The van der Waals surface area contributed by atoms with Crippen molar-refractivity contribution in [1.29, 1.82) is 0 Å². The number of primary amides is 1. The Bertz CT molecular complexity index is 1920. The third-order valence-corrected chi connectivity index (χ3v) is 10.3. The van der Waals surface area contributed by atoms with E-state index in [9.17, 15) is 14.4 Å². The van der Waals surface area contributed by atoms with Crippen LogP contribution in [0.3, 0.4) is 0 Å². The largest absolute Gasteiger partial charge is 0.369 e. The molecule has 3 atom stereocenters. The first-order chi connectivity index (χ1) is 24.2. The molecule has 3 amide bonds. The zero-order valence-corrected chi connectivity index (χ0v) is 29.2. The van der Waals surface area contributed by atoms with Crippen molar-refractivity contribution in [3.63, 3.8) is 0 Å². The molecule has 6 rings (SSSR count). The highest BCUT2D eigenvalue weighted by Gasteiger charge is 2.38. The lowest BCUT2D eigenvalue weighted by Gasteiger charge is -2.29. The quantitative estimate of drug-likeness (QED) is 0.145. The van der Waals surface area contributed by atoms with Crippen molar-refractivity contribution in [2.24, 2.45) is 28.5 Å². The number of para-hydroxylation sites is 1. The minimum absolute atomic E-state index is 0.199. The van der Waals surface area contributed by atoms with E-state index >= 15 is 0 Å². The molecule has 4 aromatic carbocycles. The van der Waals surface area contributed by atoms with Crippen molar-refractivity contribution < 1.29 is 14.4 Å². The van der Waals surface area contributed by atoms with Gasteiger partial charge in [0, 0.05) is 26.7 Å². The topological polar surface area (TPSA) is 105 Å². The maximum Gasteiger partial charge on any atom is 0.272 e. The number of carbonyl (C=O) groups is 3. The van der Waals surface area contributed by atoms with Crippen LogP contribution in [0.15, 0.2) is 115 Å². The minimum Gasteiger partial charge on any atom is -0.369 e. The van der Waals surface area contributed by atoms with E-state index in [-0.39, 0.29) is 13.0 Å². The van der Waals surface area contributed by atoms with E-state index in [2.05, 4.69) is 11.9 Å². The van der Waals surface area contributed by atoms with Crippen LogP contribution in [0.1, 0.15) is 55.2 Å². The van der Waals surface area contributed by atoms with Gasteiger partial charge in [0.25, 0.3) is 5.91 Å². The molecule has 256 valence electrons. The Hall–Kier alpha value is -4.72. The van der Waals surface area contributed by atoms with Gasteiger partial charge in [-0.25, -0.2) is 4.99 Å². The van der Waals surface area contributed by atoms with Gasteiger partial charge >= 0.3 is 0 Å². The average molecular weight is 708 g/mol. The second-order valence-corrected chi connectivity index (χ2v) is 13.9. The highest BCUT2D eigenvalue weighted by molar-refractivity contribution is 6.36. The first kappa shape index (κ1) is 35.1. The van der Waals surface area contributed by atoms with Gasteiger partial charge in [-0.15, -0.1) is 6.58 Å². The summed E-state index contributed by atoms with van der Waals surface area (Å²) >= 11 is 12.7. The molecular formula is C41H40Cl2N4O3. The smallest absolute Gasteiger partial charge is 0.272 e. The highest BCUT2D eigenvalue weighted by Crippen LogP contribution is 2.36. The van der Waals surface area contributed by atoms with Gasteiger partial charge in [0.05, 0.1) is 29.8 Å². The molecule has 50 heavy (non-hydrogen) atoms. The summed E-state index contributed by atoms with van der Waals surface area (Å²) in [5.74, 6) is -2.54. The summed E-state index contributed by atoms with van der Waals surface area (Å²) in [6.45, 7) is 4.01. The molecule has 1 saturated carbocycles. The normalized spacial score (nSPS) is 17.3. The van der Waals surface area contributed by atoms with Crippen molar-refractivity contribution >= 4 is 52.3 Å². The van der Waals surface area contributed by atoms with Gasteiger partial charge in [0.1, 0.15) is 0 Å². The summed E-state index contributed by atoms with van der Waals surface area (Å²) in [7, 11) is 0. The summed E-state index contributed by atoms with van der Waals surface area (Å²) in [6, 6.07) is 30.4. The zero-order valence-electron chi connectivity index (χ0n) is 27.7. The molecular weight excluding hydrogens is 667 g/mol. The molecule has 3 N–H and O–H groups in total. The maximum atomic E-state index is 14.7. The van der Waals surface area contributed by atoms with Crippen LogP contribution in [0.4, 0.5) is 5.69 Å². The van der Waals surface area contributed by atoms with E-state index in [4.69, 9.17) is 33.9 Å². The number of nitrogens with two attached hydrogens (primary N) is 1. The number of hydrogen-bond acceptors (Lipinski definition) is 4. The van der Waals surface area contributed by atoms with E-state index in [0.717, 1.165) is 53.5 Å². The van der Waals surface area contributed by atoms with Crippen LogP contribution in [0, 0.1) is 17.8 Å². The van der Waals surface area contributed by atoms with Crippen LogP contribution in [0.2, 0.25) is 10.0 Å². The van der Waals surface area contributed by atoms with E-state index in [1.165, 1.54) is 0 Å². The van der Waals surface area contributed by atoms with Gasteiger partial charge in [-0.1, -0.05) is 128 Å². The summed E-state index contributed by atoms with van der Waals surface area (Å²) in [5, 5.41) is 4.05. The lowest BCUT2D eigenvalue weighted by atomic mass is 9.80. The fraction of sp³-hybridized carbons (Fsp3) is 0.268. The number of nitrogens with zero attached hydrogens (tertiary/aromatic N) is 2. The lowest BCUT2D eigenvalue weighted by molar-refractivity contribution is -0.135. The standard InChI is InChI=1S/C41H40Cl2N4O3/c1-2-11-32(38(44)48)34(23-26-12-6-7-13-26)40(49)46-39-41(50)47(25-27-14-10-17-29(22-27)31-21-20-30(42)24-35(31)43)36-19-9-8-18-33(36)37(45-39)28-15-4-3-5-16-28/h2-5,8-10,14-22,24,26,32,34,39H,1,6-7,11-13,23,25H2,(H2,44,48)(H,46,49). The fourth-order valence-corrected chi connectivity index (χ4v) is 7.73. The molecule has 9 heteroatoms. The van der Waals surface area contributed by atoms with Crippen molar-refractivity contribution in [3.05, 3.63) is 136 Å². The molecule has 0 aromatic heterocycles. The Kier molecular flexibility index (Phi) is 11.2. The van der Waals surface area contributed by atoms with E-state index in [1.54, 1.807) is 23.1 Å². The second-order valence-electron chi connectivity index (χ2n) is 13.0. The molecule has 1 aliphatic carbocycles. The monoisotopic (exact) mass is 706 g/mol. The Balaban J connectivity index is 1.40. The van der Waals surface area contributed by atoms with Crippen LogP contribution in [0.25, 0.3) is 11.1 Å². The molecule has 1 fully saturated rings. The number of anilines is 1. The number of benzodiazepines with no additional fused rings is 1. The van der Waals surface area contributed by atoms with E-state index in [1.807, 2.05) is 84.9 Å². The second kappa shape index (κ2) is 15.9. The molecule has 1 aliphatic heterocycles.